The van der Waals surface area contributed by atoms with Crippen LogP contribution in [0.15, 0.2) is 62.6 Å². The summed E-state index contributed by atoms with van der Waals surface area (Å²) in [6.45, 7) is 3.72. The van der Waals surface area contributed by atoms with Crippen LogP contribution < -0.4 is 4.90 Å². The first kappa shape index (κ1) is 25.5. The van der Waals surface area contributed by atoms with Crippen molar-refractivity contribution in [2.45, 2.75) is 19.4 Å². The zero-order valence-electron chi connectivity index (χ0n) is 19.2. The zero-order valence-corrected chi connectivity index (χ0v) is 22.4. The molecule has 0 unspecified atom stereocenters. The van der Waals surface area contributed by atoms with Crippen LogP contribution in [0.4, 0.5) is 5.69 Å². The minimum atomic E-state index is -0.928. The second kappa shape index (κ2) is 9.81. The van der Waals surface area contributed by atoms with E-state index in [0.29, 0.717) is 36.5 Å². The third kappa shape index (κ3) is 4.31. The van der Waals surface area contributed by atoms with Crippen LogP contribution in [0, 0.1) is 0 Å². The molecule has 0 saturated carbocycles. The van der Waals surface area contributed by atoms with E-state index in [1.54, 1.807) is 29.2 Å². The first-order valence-corrected chi connectivity index (χ1v) is 12.8. The van der Waals surface area contributed by atoms with Gasteiger partial charge >= 0.3 is 11.9 Å². The van der Waals surface area contributed by atoms with Crippen LogP contribution in [-0.2, 0) is 19.1 Å². The molecular formula is C25H20ClNO5S3. The third-order valence-corrected chi connectivity index (χ3v) is 9.20. The second-order valence-corrected chi connectivity index (χ2v) is 11.1. The molecule has 6 nitrogen and oxygen atoms in total. The highest BCUT2D eigenvalue weighted by atomic mass is 35.5. The minimum Gasteiger partial charge on any atom is -0.465 e. The van der Waals surface area contributed by atoms with Crippen LogP contribution in [-0.4, -0.2) is 42.5 Å². The normalized spacial score (nSPS) is 16.8. The number of methoxy groups -OCH3 is 2. The Kier molecular flexibility index (Phi) is 7.15. The number of para-hydroxylation sites is 1. The molecule has 0 aromatic heterocycles. The first-order valence-electron chi connectivity index (χ1n) is 10.4. The Balaban J connectivity index is 1.90. The van der Waals surface area contributed by atoms with Crippen LogP contribution in [0.2, 0.25) is 5.02 Å². The van der Waals surface area contributed by atoms with Gasteiger partial charge in [-0.05, 0) is 32.0 Å². The maximum atomic E-state index is 13.8. The van der Waals surface area contributed by atoms with E-state index in [4.69, 9.17) is 33.3 Å². The number of hydrogen-bond acceptors (Lipinski definition) is 8. The summed E-state index contributed by atoms with van der Waals surface area (Å²) in [4.78, 5) is 41.0. The molecule has 2 aromatic carbocycles. The summed E-state index contributed by atoms with van der Waals surface area (Å²) < 4.78 is 10.4. The standard InChI is InChI=1S/C25H20ClNO5S3/c1-25(2)20(33)17(24-34-18(22(29)31-3)19(35-24)23(30)32-4)14-10-6-8-12-16(14)27(25)21(28)13-9-5-7-11-15(13)26/h5-12H,1-4H3. The van der Waals surface area contributed by atoms with Crippen LogP contribution in [0.5, 0.6) is 0 Å². The Morgan fingerprint density at radius 3 is 2.03 bits per heavy atom. The van der Waals surface area contributed by atoms with Crippen molar-refractivity contribution in [2.75, 3.05) is 19.1 Å². The average molecular weight is 546 g/mol. The SMILES string of the molecule is COC(=O)C1=C(C(=O)OC)SC(=C2C(=S)C(C)(C)N(C(=O)c3ccccc3Cl)c3ccccc32)S1. The summed E-state index contributed by atoms with van der Waals surface area (Å²) in [7, 11) is 2.50. The van der Waals surface area contributed by atoms with Crippen molar-refractivity contribution >= 4 is 81.3 Å². The number of nitrogens with zero attached hydrogens (tertiary/aromatic N) is 1. The van der Waals surface area contributed by atoms with E-state index >= 15 is 0 Å². The van der Waals surface area contributed by atoms with Crippen molar-refractivity contribution in [1.82, 2.24) is 0 Å². The third-order valence-electron chi connectivity index (χ3n) is 5.60. The van der Waals surface area contributed by atoms with Crippen molar-refractivity contribution in [3.8, 4) is 0 Å². The summed E-state index contributed by atoms with van der Waals surface area (Å²) in [6, 6.07) is 14.3. The molecular weight excluding hydrogens is 526 g/mol. The number of carbonyl (C=O) groups excluding carboxylic acids is 3. The highest BCUT2D eigenvalue weighted by Gasteiger charge is 2.46. The molecule has 0 bridgehead atoms. The molecule has 0 radical (unpaired) electrons. The van der Waals surface area contributed by atoms with E-state index in [2.05, 4.69) is 0 Å². The van der Waals surface area contributed by atoms with Crippen molar-refractivity contribution in [2.24, 2.45) is 0 Å². The van der Waals surface area contributed by atoms with Crippen LogP contribution >= 0.6 is 47.3 Å². The number of rotatable bonds is 3. The van der Waals surface area contributed by atoms with Crippen LogP contribution in [0.3, 0.4) is 0 Å². The highest BCUT2D eigenvalue weighted by molar-refractivity contribution is 8.29. The molecule has 2 aromatic rings. The Hall–Kier alpha value is -2.59. The molecule has 0 aliphatic carbocycles. The van der Waals surface area contributed by atoms with Gasteiger partial charge in [0.1, 0.15) is 9.81 Å². The summed E-state index contributed by atoms with van der Waals surface area (Å²) >= 11 is 14.5. The number of fused-ring (bicyclic) bond motifs is 1. The van der Waals surface area contributed by atoms with Gasteiger partial charge in [0, 0.05) is 11.1 Å². The lowest BCUT2D eigenvalue weighted by molar-refractivity contribution is -0.138. The second-order valence-electron chi connectivity index (χ2n) is 8.03. The maximum absolute atomic E-state index is 13.8. The first-order chi connectivity index (χ1) is 16.6. The van der Waals surface area contributed by atoms with Gasteiger partial charge in [-0.3, -0.25) is 9.69 Å². The lowest BCUT2D eigenvalue weighted by Crippen LogP contribution is -2.56. The number of carbonyl (C=O) groups is 3. The summed E-state index contributed by atoms with van der Waals surface area (Å²) in [5, 5.41) is 0.345. The number of amides is 1. The number of halogens is 1. The van der Waals surface area contributed by atoms with Crippen LogP contribution in [0.1, 0.15) is 29.8 Å². The van der Waals surface area contributed by atoms with Gasteiger partial charge in [-0.2, -0.15) is 0 Å². The van der Waals surface area contributed by atoms with Gasteiger partial charge in [-0.1, -0.05) is 77.7 Å². The summed E-state index contributed by atoms with van der Waals surface area (Å²) in [5.41, 5.74) is 1.47. The predicted molar refractivity (Wildman–Crippen MR) is 145 cm³/mol. The van der Waals surface area contributed by atoms with Gasteiger partial charge in [0.25, 0.3) is 5.91 Å². The minimum absolute atomic E-state index is 0.138. The predicted octanol–water partition coefficient (Wildman–Crippen LogP) is 5.86. The molecule has 35 heavy (non-hydrogen) atoms. The van der Waals surface area contributed by atoms with Crippen molar-refractivity contribution in [1.29, 1.82) is 0 Å². The molecule has 0 spiro atoms. The molecule has 180 valence electrons. The van der Waals surface area contributed by atoms with Gasteiger partial charge in [0.15, 0.2) is 0 Å². The fraction of sp³-hybridized carbons (Fsp3) is 0.200. The quantitative estimate of drug-likeness (QED) is 0.270. The molecule has 0 saturated heterocycles. The maximum Gasteiger partial charge on any atom is 0.346 e. The number of hydrogen-bond donors (Lipinski definition) is 0. The van der Waals surface area contributed by atoms with Gasteiger partial charge in [0.05, 0.1) is 45.1 Å². The number of thiocarbonyl (C=S) groups is 1. The Morgan fingerprint density at radius 2 is 1.46 bits per heavy atom. The van der Waals surface area contributed by atoms with E-state index in [0.717, 1.165) is 23.5 Å². The molecule has 2 aliphatic heterocycles. The number of benzene rings is 2. The van der Waals surface area contributed by atoms with Gasteiger partial charge < -0.3 is 9.47 Å². The summed E-state index contributed by atoms with van der Waals surface area (Å²) in [6.07, 6.45) is 0. The molecule has 2 aliphatic rings. The molecule has 10 heteroatoms. The van der Waals surface area contributed by atoms with Crippen LogP contribution in [0.25, 0.3) is 5.57 Å². The highest BCUT2D eigenvalue weighted by Crippen LogP contribution is 2.56. The number of esters is 2. The Bertz CT molecular complexity index is 1320. The van der Waals surface area contributed by atoms with E-state index in [9.17, 15) is 14.4 Å². The van der Waals surface area contributed by atoms with E-state index in [-0.39, 0.29) is 15.7 Å². The fourth-order valence-corrected chi connectivity index (χ4v) is 7.14. The summed E-state index contributed by atoms with van der Waals surface area (Å²) in [5.74, 6) is -1.55. The Labute approximate surface area is 221 Å². The molecule has 0 atom stereocenters. The number of thioether (sulfide) groups is 2. The molecule has 1 amide bonds. The molecule has 4 rings (SSSR count). The van der Waals surface area contributed by atoms with Crippen molar-refractivity contribution < 1.29 is 23.9 Å². The monoisotopic (exact) mass is 545 g/mol. The molecule has 2 heterocycles. The van der Waals surface area contributed by atoms with E-state index in [1.807, 2.05) is 38.1 Å². The van der Waals surface area contributed by atoms with Crippen molar-refractivity contribution in [3.63, 3.8) is 0 Å². The topological polar surface area (TPSA) is 72.9 Å². The number of anilines is 1. The molecule has 0 N–H and O–H groups in total. The molecule has 0 fully saturated rings. The van der Waals surface area contributed by atoms with Gasteiger partial charge in [-0.25, -0.2) is 9.59 Å². The lowest BCUT2D eigenvalue weighted by Gasteiger charge is -2.45. The van der Waals surface area contributed by atoms with E-state index in [1.165, 1.54) is 14.2 Å². The zero-order chi connectivity index (χ0) is 25.5. The van der Waals surface area contributed by atoms with E-state index < -0.39 is 17.5 Å². The largest absolute Gasteiger partial charge is 0.465 e. The lowest BCUT2D eigenvalue weighted by atomic mass is 9.83. The average Bonchev–Trinajstić information content (AvgIpc) is 3.28. The smallest absolute Gasteiger partial charge is 0.346 e. The van der Waals surface area contributed by atoms with Gasteiger partial charge in [0.2, 0.25) is 0 Å². The van der Waals surface area contributed by atoms with Gasteiger partial charge in [-0.15, -0.1) is 0 Å². The number of ether oxygens (including phenoxy) is 2. The fourth-order valence-electron chi connectivity index (χ4n) is 3.89. The van der Waals surface area contributed by atoms with Crippen molar-refractivity contribution in [3.05, 3.63) is 78.7 Å². The Morgan fingerprint density at radius 1 is 0.914 bits per heavy atom.